The lowest BCUT2D eigenvalue weighted by Crippen LogP contribution is -2.40. The van der Waals surface area contributed by atoms with Crippen LogP contribution < -0.4 is 5.32 Å². The topological polar surface area (TPSA) is 105 Å². The second-order valence-corrected chi connectivity index (χ2v) is 5.97. The van der Waals surface area contributed by atoms with Gasteiger partial charge in [0.2, 0.25) is 0 Å². The van der Waals surface area contributed by atoms with Crippen LogP contribution in [0, 0.1) is 6.92 Å². The van der Waals surface area contributed by atoms with E-state index in [1.165, 1.54) is 0 Å². The molecule has 1 aliphatic carbocycles. The molecule has 7 nitrogen and oxygen atoms in total. The molecule has 0 aliphatic heterocycles. The number of nitrogens with zero attached hydrogens (tertiary/aromatic N) is 2. The monoisotopic (exact) mass is 317 g/mol. The normalized spacial score (nSPS) is 15.6. The molecule has 1 fully saturated rings. The van der Waals surface area contributed by atoms with Gasteiger partial charge >= 0.3 is 5.97 Å². The summed E-state index contributed by atoms with van der Waals surface area (Å²) in [6, 6.07) is 0.838. The van der Waals surface area contributed by atoms with Crippen LogP contribution in [-0.2, 0) is 4.79 Å². The van der Waals surface area contributed by atoms with Crippen molar-refractivity contribution in [2.45, 2.75) is 51.5 Å². The van der Waals surface area contributed by atoms with Crippen LogP contribution in [0.4, 0.5) is 0 Å². The van der Waals surface area contributed by atoms with E-state index in [0.29, 0.717) is 41.1 Å². The third-order valence-corrected chi connectivity index (χ3v) is 4.06. The lowest BCUT2D eigenvalue weighted by molar-refractivity contribution is -0.139. The smallest absolute Gasteiger partial charge is 0.326 e. The predicted molar refractivity (Wildman–Crippen MR) is 82.3 cm³/mol. The Kier molecular flexibility index (Phi) is 4.02. The van der Waals surface area contributed by atoms with Crippen molar-refractivity contribution in [3.8, 4) is 0 Å². The van der Waals surface area contributed by atoms with Gasteiger partial charge in [0.1, 0.15) is 6.04 Å². The van der Waals surface area contributed by atoms with Crippen LogP contribution in [0.5, 0.6) is 0 Å². The molecule has 1 atom stereocenters. The minimum absolute atomic E-state index is 0.333. The number of nitrogens with one attached hydrogen (secondary N) is 1. The molecule has 2 aromatic rings. The number of carboxylic acid groups (broad SMARTS) is 1. The molecule has 2 N–H and O–H groups in total. The number of carbonyl (C=O) groups is 2. The largest absolute Gasteiger partial charge is 0.480 e. The number of aliphatic carboxylic acids is 1. The van der Waals surface area contributed by atoms with Crippen LogP contribution in [0.2, 0.25) is 0 Å². The van der Waals surface area contributed by atoms with Crippen molar-refractivity contribution in [3.05, 3.63) is 23.0 Å². The first-order valence-electron chi connectivity index (χ1n) is 7.81. The standard InChI is InChI=1S/C16H19N3O4/c1-3-4-11(16(21)22)17-14(20)10-7-12(9-5-6-9)18-15-13(10)8(2)19-23-15/h7,9,11H,3-6H2,1-2H3,(H,17,20)(H,21,22). The summed E-state index contributed by atoms with van der Waals surface area (Å²) in [6.07, 6.45) is 3.14. The minimum atomic E-state index is -1.03. The van der Waals surface area contributed by atoms with E-state index in [1.54, 1.807) is 13.0 Å². The molecule has 23 heavy (non-hydrogen) atoms. The van der Waals surface area contributed by atoms with Gasteiger partial charge in [-0.25, -0.2) is 9.78 Å². The Morgan fingerprint density at radius 3 is 2.83 bits per heavy atom. The van der Waals surface area contributed by atoms with E-state index in [4.69, 9.17) is 4.52 Å². The quantitative estimate of drug-likeness (QED) is 0.847. The highest BCUT2D eigenvalue weighted by molar-refractivity contribution is 6.07. The molecule has 3 rings (SSSR count). The zero-order chi connectivity index (χ0) is 16.6. The highest BCUT2D eigenvalue weighted by atomic mass is 16.5. The van der Waals surface area contributed by atoms with Gasteiger partial charge in [0.05, 0.1) is 16.6 Å². The molecule has 0 saturated heterocycles. The lowest BCUT2D eigenvalue weighted by Gasteiger charge is -2.14. The van der Waals surface area contributed by atoms with E-state index in [1.807, 2.05) is 6.92 Å². The maximum Gasteiger partial charge on any atom is 0.326 e. The molecule has 1 unspecified atom stereocenters. The summed E-state index contributed by atoms with van der Waals surface area (Å²) in [4.78, 5) is 28.3. The van der Waals surface area contributed by atoms with Crippen molar-refractivity contribution >= 4 is 23.0 Å². The molecule has 0 bridgehead atoms. The van der Waals surface area contributed by atoms with Crippen LogP contribution in [-0.4, -0.2) is 33.2 Å². The lowest BCUT2D eigenvalue weighted by atomic mass is 10.1. The Bertz CT molecular complexity index is 764. The Morgan fingerprint density at radius 2 is 2.22 bits per heavy atom. The molecule has 0 spiro atoms. The average molecular weight is 317 g/mol. The summed E-state index contributed by atoms with van der Waals surface area (Å²) >= 11 is 0. The van der Waals surface area contributed by atoms with E-state index in [-0.39, 0.29) is 0 Å². The van der Waals surface area contributed by atoms with Crippen LogP contribution in [0.15, 0.2) is 10.6 Å². The third kappa shape index (κ3) is 3.04. The van der Waals surface area contributed by atoms with Crippen molar-refractivity contribution < 1.29 is 19.2 Å². The summed E-state index contributed by atoms with van der Waals surface area (Å²) in [5.41, 5.74) is 2.10. The summed E-state index contributed by atoms with van der Waals surface area (Å²) in [7, 11) is 0. The number of carbonyl (C=O) groups excluding carboxylic acids is 1. The number of aryl methyl sites for hydroxylation is 1. The van der Waals surface area contributed by atoms with Crippen molar-refractivity contribution in [1.29, 1.82) is 0 Å². The molecule has 1 saturated carbocycles. The van der Waals surface area contributed by atoms with Crippen LogP contribution in [0.3, 0.4) is 0 Å². The average Bonchev–Trinajstić information content (AvgIpc) is 3.30. The fourth-order valence-corrected chi connectivity index (χ4v) is 2.66. The van der Waals surface area contributed by atoms with E-state index in [0.717, 1.165) is 18.5 Å². The van der Waals surface area contributed by atoms with E-state index >= 15 is 0 Å². The molecule has 0 aromatic carbocycles. The van der Waals surface area contributed by atoms with Crippen molar-refractivity contribution in [1.82, 2.24) is 15.5 Å². The number of fused-ring (bicyclic) bond motifs is 1. The van der Waals surface area contributed by atoms with E-state index < -0.39 is 17.9 Å². The van der Waals surface area contributed by atoms with Crippen molar-refractivity contribution in [3.63, 3.8) is 0 Å². The number of pyridine rings is 1. The minimum Gasteiger partial charge on any atom is -0.480 e. The van der Waals surface area contributed by atoms with E-state index in [2.05, 4.69) is 15.5 Å². The zero-order valence-corrected chi connectivity index (χ0v) is 13.1. The van der Waals surface area contributed by atoms with Gasteiger partial charge in [-0.05, 0) is 32.3 Å². The van der Waals surface area contributed by atoms with Gasteiger partial charge in [-0.3, -0.25) is 4.79 Å². The van der Waals surface area contributed by atoms with Crippen molar-refractivity contribution in [2.24, 2.45) is 0 Å². The Balaban J connectivity index is 1.98. The van der Waals surface area contributed by atoms with Gasteiger partial charge in [0.25, 0.3) is 11.6 Å². The molecule has 2 heterocycles. The molecule has 122 valence electrons. The molecule has 1 amide bonds. The number of rotatable bonds is 6. The van der Waals surface area contributed by atoms with Crippen molar-refractivity contribution in [2.75, 3.05) is 0 Å². The SMILES string of the molecule is CCCC(NC(=O)c1cc(C2CC2)nc2onc(C)c12)C(=O)O. The highest BCUT2D eigenvalue weighted by Crippen LogP contribution is 2.40. The molecule has 2 aromatic heterocycles. The number of hydrogen-bond acceptors (Lipinski definition) is 5. The fraction of sp³-hybridized carbons (Fsp3) is 0.500. The maximum absolute atomic E-state index is 12.6. The molecule has 1 aliphatic rings. The maximum atomic E-state index is 12.6. The number of aromatic nitrogens is 2. The van der Waals surface area contributed by atoms with Gasteiger partial charge in [-0.1, -0.05) is 18.5 Å². The summed E-state index contributed by atoms with van der Waals surface area (Å²) in [6.45, 7) is 3.61. The second-order valence-electron chi connectivity index (χ2n) is 5.97. The molecular formula is C16H19N3O4. The molecule has 7 heteroatoms. The highest BCUT2D eigenvalue weighted by Gasteiger charge is 2.29. The molecule has 0 radical (unpaired) electrons. The Morgan fingerprint density at radius 1 is 1.48 bits per heavy atom. The summed E-state index contributed by atoms with van der Waals surface area (Å²) in [5, 5.41) is 16.2. The first-order valence-corrected chi connectivity index (χ1v) is 7.81. The number of carboxylic acids is 1. The fourth-order valence-electron chi connectivity index (χ4n) is 2.66. The second kappa shape index (κ2) is 5.98. The van der Waals surface area contributed by atoms with Gasteiger partial charge in [0.15, 0.2) is 0 Å². The first kappa shape index (κ1) is 15.5. The summed E-state index contributed by atoms with van der Waals surface area (Å²) in [5.74, 6) is -1.11. The zero-order valence-electron chi connectivity index (χ0n) is 13.1. The van der Waals surface area contributed by atoms with Gasteiger partial charge in [0, 0.05) is 11.6 Å². The van der Waals surface area contributed by atoms with Gasteiger partial charge in [-0.2, -0.15) is 0 Å². The Hall–Kier alpha value is -2.44. The summed E-state index contributed by atoms with van der Waals surface area (Å²) < 4.78 is 5.20. The number of hydrogen-bond donors (Lipinski definition) is 2. The first-order chi connectivity index (χ1) is 11.0. The van der Waals surface area contributed by atoms with Crippen LogP contribution in [0.25, 0.3) is 11.1 Å². The Labute approximate surface area is 133 Å². The number of amides is 1. The van der Waals surface area contributed by atoms with Gasteiger partial charge in [-0.15, -0.1) is 0 Å². The predicted octanol–water partition coefficient (Wildman–Crippen LogP) is 2.39. The molecular weight excluding hydrogens is 298 g/mol. The van der Waals surface area contributed by atoms with Crippen LogP contribution in [0.1, 0.15) is 60.3 Å². The van der Waals surface area contributed by atoms with Gasteiger partial charge < -0.3 is 14.9 Å². The van der Waals surface area contributed by atoms with Crippen LogP contribution >= 0.6 is 0 Å². The third-order valence-electron chi connectivity index (χ3n) is 4.06. The van der Waals surface area contributed by atoms with E-state index in [9.17, 15) is 14.7 Å².